The zero-order valence-corrected chi connectivity index (χ0v) is 13.9. The van der Waals surface area contributed by atoms with Crippen LogP contribution in [0, 0.1) is 20.3 Å². The van der Waals surface area contributed by atoms with Crippen LogP contribution in [0.4, 0.5) is 5.69 Å². The average Bonchev–Trinajstić information content (AvgIpc) is 2.93. The predicted octanol–water partition coefficient (Wildman–Crippen LogP) is 3.63. The van der Waals surface area contributed by atoms with Gasteiger partial charge in [-0.25, -0.2) is 0 Å². The minimum absolute atomic E-state index is 0.114. The van der Waals surface area contributed by atoms with Crippen molar-refractivity contribution in [2.24, 2.45) is 16.7 Å². The maximum atomic E-state index is 12.6. The monoisotopic (exact) mass is 383 g/mol. The molecule has 0 aromatic heterocycles. The van der Waals surface area contributed by atoms with Crippen molar-refractivity contribution in [3.05, 3.63) is 27.8 Å². The minimum Gasteiger partial charge on any atom is -0.325 e. The Labute approximate surface area is 132 Å². The molecule has 20 heavy (non-hydrogen) atoms. The number of hydrogen-bond donors (Lipinski definition) is 1. The van der Waals surface area contributed by atoms with Gasteiger partial charge in [-0.3, -0.25) is 9.59 Å². The van der Waals surface area contributed by atoms with Crippen LogP contribution in [0.1, 0.15) is 33.1 Å². The average molecular weight is 383 g/mol. The molecule has 1 N–H and O–H groups in total. The maximum absolute atomic E-state index is 12.6. The van der Waals surface area contributed by atoms with E-state index >= 15 is 0 Å². The van der Waals surface area contributed by atoms with Crippen LogP contribution in [0.15, 0.2) is 24.3 Å². The molecule has 2 atom stereocenters. The molecular formula is C16H18INO2. The topological polar surface area (TPSA) is 46.2 Å². The normalized spacial score (nSPS) is 30.6. The van der Waals surface area contributed by atoms with E-state index in [0.29, 0.717) is 12.3 Å². The molecule has 106 valence electrons. The summed E-state index contributed by atoms with van der Waals surface area (Å²) in [4.78, 5) is 25.3. The number of Topliss-reactive ketones (excluding diaryl/α,β-unsaturated/α-hetero) is 1. The minimum atomic E-state index is -0.781. The van der Waals surface area contributed by atoms with Crippen molar-refractivity contribution >= 4 is 40.0 Å². The largest absolute Gasteiger partial charge is 0.325 e. The quantitative estimate of drug-likeness (QED) is 0.626. The Hall–Kier alpha value is -0.910. The van der Waals surface area contributed by atoms with Crippen molar-refractivity contribution in [3.63, 3.8) is 0 Å². The zero-order valence-electron chi connectivity index (χ0n) is 11.7. The second-order valence-electron chi connectivity index (χ2n) is 6.53. The van der Waals surface area contributed by atoms with E-state index in [0.717, 1.165) is 22.1 Å². The Kier molecular flexibility index (Phi) is 3.19. The lowest BCUT2D eigenvalue weighted by Gasteiger charge is -2.32. The Morgan fingerprint density at radius 1 is 1.30 bits per heavy atom. The number of anilines is 1. The fourth-order valence-corrected chi connectivity index (χ4v) is 4.12. The molecule has 2 saturated carbocycles. The highest BCUT2D eigenvalue weighted by atomic mass is 127. The van der Waals surface area contributed by atoms with Gasteiger partial charge < -0.3 is 5.32 Å². The number of carbonyl (C=O) groups excluding carboxylic acids is 2. The Morgan fingerprint density at radius 2 is 1.95 bits per heavy atom. The van der Waals surface area contributed by atoms with Gasteiger partial charge in [-0.15, -0.1) is 0 Å². The lowest BCUT2D eigenvalue weighted by atomic mass is 9.70. The van der Waals surface area contributed by atoms with Crippen molar-refractivity contribution in [2.45, 2.75) is 33.1 Å². The van der Waals surface area contributed by atoms with E-state index < -0.39 is 5.41 Å². The van der Waals surface area contributed by atoms with Gasteiger partial charge in [-0.2, -0.15) is 0 Å². The molecule has 3 rings (SSSR count). The van der Waals surface area contributed by atoms with Crippen molar-refractivity contribution in [1.82, 2.24) is 0 Å². The van der Waals surface area contributed by atoms with Crippen molar-refractivity contribution in [2.75, 3.05) is 5.32 Å². The highest BCUT2D eigenvalue weighted by molar-refractivity contribution is 14.1. The smallest absolute Gasteiger partial charge is 0.238 e. The fraction of sp³-hybridized carbons (Fsp3) is 0.500. The first kappa shape index (κ1) is 14.0. The van der Waals surface area contributed by atoms with Crippen molar-refractivity contribution in [1.29, 1.82) is 0 Å². The van der Waals surface area contributed by atoms with Crippen LogP contribution in [-0.2, 0) is 9.59 Å². The SMILES string of the molecule is CC1(C)C(=O)C2(C(=O)Nc3ccc(I)cc3)CCC1C2. The van der Waals surface area contributed by atoms with E-state index in [-0.39, 0.29) is 17.1 Å². The van der Waals surface area contributed by atoms with Crippen molar-refractivity contribution < 1.29 is 9.59 Å². The van der Waals surface area contributed by atoms with Gasteiger partial charge in [-0.1, -0.05) is 13.8 Å². The van der Waals surface area contributed by atoms with Gasteiger partial charge in [0.1, 0.15) is 5.41 Å². The van der Waals surface area contributed by atoms with E-state index in [9.17, 15) is 9.59 Å². The van der Waals surface area contributed by atoms with Crippen LogP contribution in [0.25, 0.3) is 0 Å². The summed E-state index contributed by atoms with van der Waals surface area (Å²) in [5, 5.41) is 2.93. The molecule has 1 amide bonds. The second-order valence-corrected chi connectivity index (χ2v) is 7.78. The highest BCUT2D eigenvalue weighted by Crippen LogP contribution is 2.60. The third-order valence-electron chi connectivity index (χ3n) is 5.09. The van der Waals surface area contributed by atoms with E-state index in [1.165, 1.54) is 0 Å². The number of halogens is 1. The lowest BCUT2D eigenvalue weighted by Crippen LogP contribution is -2.44. The van der Waals surface area contributed by atoms with Gasteiger partial charge >= 0.3 is 0 Å². The summed E-state index contributed by atoms with van der Waals surface area (Å²) in [7, 11) is 0. The van der Waals surface area contributed by atoms with Crippen LogP contribution in [0.2, 0.25) is 0 Å². The molecule has 0 saturated heterocycles. The Balaban J connectivity index is 1.84. The number of fused-ring (bicyclic) bond motifs is 2. The first-order valence-corrected chi connectivity index (χ1v) is 8.06. The van der Waals surface area contributed by atoms with Crippen LogP contribution in [-0.4, -0.2) is 11.7 Å². The van der Waals surface area contributed by atoms with Crippen molar-refractivity contribution in [3.8, 4) is 0 Å². The summed E-state index contributed by atoms with van der Waals surface area (Å²) in [5.74, 6) is 0.374. The van der Waals surface area contributed by atoms with E-state index in [4.69, 9.17) is 0 Å². The number of ketones is 1. The second kappa shape index (κ2) is 4.55. The molecular weight excluding hydrogens is 365 g/mol. The van der Waals surface area contributed by atoms with Gasteiger partial charge in [0, 0.05) is 14.7 Å². The Bertz CT molecular complexity index is 579. The van der Waals surface area contributed by atoms with E-state index in [1.807, 2.05) is 38.1 Å². The highest BCUT2D eigenvalue weighted by Gasteiger charge is 2.64. The van der Waals surface area contributed by atoms with Crippen LogP contribution in [0.5, 0.6) is 0 Å². The molecule has 1 aromatic rings. The third kappa shape index (κ3) is 1.91. The van der Waals surface area contributed by atoms with Crippen LogP contribution < -0.4 is 5.32 Å². The first-order chi connectivity index (χ1) is 9.36. The summed E-state index contributed by atoms with van der Waals surface area (Å²) < 4.78 is 1.12. The summed E-state index contributed by atoms with van der Waals surface area (Å²) in [6.45, 7) is 3.97. The van der Waals surface area contributed by atoms with E-state index in [2.05, 4.69) is 27.9 Å². The number of hydrogen-bond acceptors (Lipinski definition) is 2. The maximum Gasteiger partial charge on any atom is 0.238 e. The predicted molar refractivity (Wildman–Crippen MR) is 86.4 cm³/mol. The number of amides is 1. The van der Waals surface area contributed by atoms with E-state index in [1.54, 1.807) is 0 Å². The van der Waals surface area contributed by atoms with Crippen LogP contribution >= 0.6 is 22.6 Å². The van der Waals surface area contributed by atoms with Gasteiger partial charge in [-0.05, 0) is 72.0 Å². The van der Waals surface area contributed by atoms with Gasteiger partial charge in [0.15, 0.2) is 5.78 Å². The molecule has 2 fully saturated rings. The number of nitrogens with one attached hydrogen (secondary N) is 1. The molecule has 2 bridgehead atoms. The summed E-state index contributed by atoms with van der Waals surface area (Å²) in [5.41, 5.74) is -0.357. The number of benzene rings is 1. The van der Waals surface area contributed by atoms with Gasteiger partial charge in [0.25, 0.3) is 0 Å². The molecule has 0 aliphatic heterocycles. The van der Waals surface area contributed by atoms with Gasteiger partial charge in [0.05, 0.1) is 0 Å². The third-order valence-corrected chi connectivity index (χ3v) is 5.81. The zero-order chi connectivity index (χ0) is 14.5. The molecule has 3 nitrogen and oxygen atoms in total. The lowest BCUT2D eigenvalue weighted by molar-refractivity contribution is -0.142. The molecule has 2 aliphatic carbocycles. The number of rotatable bonds is 2. The standard InChI is InChI=1S/C16H18INO2/c1-15(2)10-7-8-16(9-10,13(15)19)14(20)18-12-5-3-11(17)4-6-12/h3-6,10H,7-9H2,1-2H3,(H,18,20). The summed E-state index contributed by atoms with van der Waals surface area (Å²) in [6, 6.07) is 7.66. The summed E-state index contributed by atoms with van der Waals surface area (Å²) >= 11 is 2.23. The Morgan fingerprint density at radius 3 is 2.50 bits per heavy atom. The summed E-state index contributed by atoms with van der Waals surface area (Å²) in [6.07, 6.45) is 2.41. The fourth-order valence-electron chi connectivity index (χ4n) is 3.76. The molecule has 4 heteroatoms. The molecule has 2 aliphatic rings. The molecule has 0 radical (unpaired) electrons. The van der Waals surface area contributed by atoms with Gasteiger partial charge in [0.2, 0.25) is 5.91 Å². The number of carbonyl (C=O) groups is 2. The molecule has 2 unspecified atom stereocenters. The van der Waals surface area contributed by atoms with Crippen LogP contribution in [0.3, 0.4) is 0 Å². The molecule has 1 aromatic carbocycles. The molecule has 0 heterocycles. The molecule has 0 spiro atoms. The first-order valence-electron chi connectivity index (χ1n) is 6.98.